The second kappa shape index (κ2) is 5.71. The van der Waals surface area contributed by atoms with E-state index in [1.54, 1.807) is 0 Å². The summed E-state index contributed by atoms with van der Waals surface area (Å²) in [6.45, 7) is 12.6. The summed E-state index contributed by atoms with van der Waals surface area (Å²) in [7, 11) is 0. The SMILES string of the molecule is CC(C)N(CC1CCNC1)C(=O)OC(C)(C)C. The highest BCUT2D eigenvalue weighted by molar-refractivity contribution is 5.68. The lowest BCUT2D eigenvalue weighted by atomic mass is 10.1. The third kappa shape index (κ3) is 4.94. The molecule has 1 N–H and O–H groups in total. The number of rotatable bonds is 3. The van der Waals surface area contributed by atoms with Gasteiger partial charge in [0.05, 0.1) is 0 Å². The molecule has 0 spiro atoms. The van der Waals surface area contributed by atoms with Crippen LogP contribution in [0, 0.1) is 5.92 Å². The number of carbonyl (C=O) groups excluding carboxylic acids is 1. The van der Waals surface area contributed by atoms with Gasteiger partial charge >= 0.3 is 6.09 Å². The normalized spacial score (nSPS) is 20.7. The number of ether oxygens (including phenoxy) is 1. The molecule has 100 valence electrons. The van der Waals surface area contributed by atoms with Crippen LogP contribution < -0.4 is 5.32 Å². The zero-order valence-electron chi connectivity index (χ0n) is 11.7. The molecule has 0 radical (unpaired) electrons. The molecule has 1 amide bonds. The highest BCUT2D eigenvalue weighted by Crippen LogP contribution is 2.16. The molecular weight excluding hydrogens is 216 g/mol. The third-order valence-electron chi connectivity index (χ3n) is 2.87. The largest absolute Gasteiger partial charge is 0.444 e. The van der Waals surface area contributed by atoms with E-state index in [9.17, 15) is 4.79 Å². The van der Waals surface area contributed by atoms with Gasteiger partial charge in [-0.2, -0.15) is 0 Å². The van der Waals surface area contributed by atoms with Crippen LogP contribution in [0.2, 0.25) is 0 Å². The van der Waals surface area contributed by atoms with Gasteiger partial charge < -0.3 is 15.0 Å². The van der Waals surface area contributed by atoms with Gasteiger partial charge in [0.15, 0.2) is 0 Å². The van der Waals surface area contributed by atoms with Gasteiger partial charge in [-0.1, -0.05) is 0 Å². The van der Waals surface area contributed by atoms with E-state index in [1.807, 2.05) is 39.5 Å². The van der Waals surface area contributed by atoms with Crippen molar-refractivity contribution in [1.82, 2.24) is 10.2 Å². The molecule has 1 fully saturated rings. The predicted molar refractivity (Wildman–Crippen MR) is 69.1 cm³/mol. The summed E-state index contributed by atoms with van der Waals surface area (Å²) in [5, 5.41) is 3.33. The Labute approximate surface area is 105 Å². The van der Waals surface area contributed by atoms with Crippen molar-refractivity contribution in [2.45, 2.75) is 52.7 Å². The van der Waals surface area contributed by atoms with E-state index in [0.717, 1.165) is 26.1 Å². The van der Waals surface area contributed by atoms with Crippen molar-refractivity contribution in [3.63, 3.8) is 0 Å². The fraction of sp³-hybridized carbons (Fsp3) is 0.923. The minimum absolute atomic E-state index is 0.186. The van der Waals surface area contributed by atoms with Crippen LogP contribution in [0.15, 0.2) is 0 Å². The molecule has 0 aromatic carbocycles. The summed E-state index contributed by atoms with van der Waals surface area (Å²) in [5.41, 5.74) is -0.419. The molecule has 1 rings (SSSR count). The highest BCUT2D eigenvalue weighted by atomic mass is 16.6. The van der Waals surface area contributed by atoms with E-state index in [4.69, 9.17) is 4.74 Å². The van der Waals surface area contributed by atoms with E-state index < -0.39 is 5.60 Å². The first-order chi connectivity index (χ1) is 7.79. The number of hydrogen-bond donors (Lipinski definition) is 1. The van der Waals surface area contributed by atoms with Crippen molar-refractivity contribution in [2.75, 3.05) is 19.6 Å². The van der Waals surface area contributed by atoms with Gasteiger partial charge in [0.1, 0.15) is 5.60 Å². The molecule has 0 aromatic rings. The van der Waals surface area contributed by atoms with Gasteiger partial charge in [-0.3, -0.25) is 0 Å². The minimum atomic E-state index is -0.419. The summed E-state index contributed by atoms with van der Waals surface area (Å²) in [6, 6.07) is 0.186. The van der Waals surface area contributed by atoms with E-state index >= 15 is 0 Å². The van der Waals surface area contributed by atoms with Crippen LogP contribution in [0.25, 0.3) is 0 Å². The maximum Gasteiger partial charge on any atom is 0.410 e. The summed E-state index contributed by atoms with van der Waals surface area (Å²) in [4.78, 5) is 13.9. The first kappa shape index (κ1) is 14.3. The Bertz CT molecular complexity index is 253. The number of nitrogens with one attached hydrogen (secondary N) is 1. The molecular formula is C13H26N2O2. The van der Waals surface area contributed by atoms with Gasteiger partial charge in [0.25, 0.3) is 0 Å². The molecule has 1 aliphatic rings. The zero-order valence-corrected chi connectivity index (χ0v) is 11.7. The van der Waals surface area contributed by atoms with Gasteiger partial charge in [0, 0.05) is 12.6 Å². The Hall–Kier alpha value is -0.770. The number of amides is 1. The van der Waals surface area contributed by atoms with Crippen molar-refractivity contribution in [2.24, 2.45) is 5.92 Å². The highest BCUT2D eigenvalue weighted by Gasteiger charge is 2.27. The fourth-order valence-electron chi connectivity index (χ4n) is 1.97. The van der Waals surface area contributed by atoms with E-state index in [2.05, 4.69) is 5.32 Å². The average molecular weight is 242 g/mol. The molecule has 1 aliphatic heterocycles. The minimum Gasteiger partial charge on any atom is -0.444 e. The molecule has 1 saturated heterocycles. The van der Waals surface area contributed by atoms with Gasteiger partial charge in [-0.25, -0.2) is 4.79 Å². The number of hydrogen-bond acceptors (Lipinski definition) is 3. The van der Waals surface area contributed by atoms with E-state index in [0.29, 0.717) is 5.92 Å². The smallest absolute Gasteiger partial charge is 0.410 e. The molecule has 17 heavy (non-hydrogen) atoms. The van der Waals surface area contributed by atoms with Crippen molar-refractivity contribution in [3.05, 3.63) is 0 Å². The van der Waals surface area contributed by atoms with Crippen LogP contribution in [-0.4, -0.2) is 42.3 Å². The van der Waals surface area contributed by atoms with Crippen LogP contribution in [-0.2, 0) is 4.74 Å². The Balaban J connectivity index is 2.55. The maximum absolute atomic E-state index is 12.1. The lowest BCUT2D eigenvalue weighted by Crippen LogP contribution is -2.43. The zero-order chi connectivity index (χ0) is 13.1. The Kier molecular flexibility index (Phi) is 4.80. The molecule has 0 aliphatic carbocycles. The van der Waals surface area contributed by atoms with Crippen LogP contribution in [0.1, 0.15) is 41.0 Å². The number of carbonyl (C=O) groups is 1. The van der Waals surface area contributed by atoms with Crippen molar-refractivity contribution in [1.29, 1.82) is 0 Å². The van der Waals surface area contributed by atoms with E-state index in [1.165, 1.54) is 0 Å². The molecule has 4 heteroatoms. The summed E-state index contributed by atoms with van der Waals surface area (Å²) in [6.07, 6.45) is 0.950. The second-order valence-corrected chi connectivity index (χ2v) is 6.09. The van der Waals surface area contributed by atoms with Crippen molar-refractivity contribution >= 4 is 6.09 Å². The van der Waals surface area contributed by atoms with Crippen LogP contribution >= 0.6 is 0 Å². The van der Waals surface area contributed by atoms with Crippen molar-refractivity contribution < 1.29 is 9.53 Å². The van der Waals surface area contributed by atoms with Gasteiger partial charge in [-0.15, -0.1) is 0 Å². The Morgan fingerprint density at radius 2 is 2.12 bits per heavy atom. The quantitative estimate of drug-likeness (QED) is 0.825. The standard InChI is InChI=1S/C13H26N2O2/c1-10(2)15(9-11-6-7-14-8-11)12(16)17-13(3,4)5/h10-11,14H,6-9H2,1-5H3. The lowest BCUT2D eigenvalue weighted by Gasteiger charge is -2.31. The molecule has 1 unspecified atom stereocenters. The maximum atomic E-state index is 12.1. The number of nitrogens with zero attached hydrogens (tertiary/aromatic N) is 1. The summed E-state index contributed by atoms with van der Waals surface area (Å²) < 4.78 is 5.44. The summed E-state index contributed by atoms with van der Waals surface area (Å²) in [5.74, 6) is 0.560. The average Bonchev–Trinajstić information content (AvgIpc) is 2.62. The molecule has 1 heterocycles. The van der Waals surface area contributed by atoms with Gasteiger partial charge in [0.2, 0.25) is 0 Å². The Morgan fingerprint density at radius 1 is 1.47 bits per heavy atom. The van der Waals surface area contributed by atoms with Gasteiger partial charge in [-0.05, 0) is 60.0 Å². The van der Waals surface area contributed by atoms with E-state index in [-0.39, 0.29) is 12.1 Å². The van der Waals surface area contributed by atoms with Crippen LogP contribution in [0.3, 0.4) is 0 Å². The molecule has 0 aromatic heterocycles. The third-order valence-corrected chi connectivity index (χ3v) is 2.87. The Morgan fingerprint density at radius 3 is 2.53 bits per heavy atom. The monoisotopic (exact) mass is 242 g/mol. The fourth-order valence-corrected chi connectivity index (χ4v) is 1.97. The first-order valence-corrected chi connectivity index (χ1v) is 6.50. The molecule has 0 saturated carbocycles. The summed E-state index contributed by atoms with van der Waals surface area (Å²) >= 11 is 0. The van der Waals surface area contributed by atoms with Crippen molar-refractivity contribution in [3.8, 4) is 0 Å². The van der Waals surface area contributed by atoms with Crippen LogP contribution in [0.4, 0.5) is 4.79 Å². The predicted octanol–water partition coefficient (Wildman–Crippen LogP) is 2.24. The molecule has 1 atom stereocenters. The topological polar surface area (TPSA) is 41.6 Å². The first-order valence-electron chi connectivity index (χ1n) is 6.50. The molecule has 4 nitrogen and oxygen atoms in total. The second-order valence-electron chi connectivity index (χ2n) is 6.09. The van der Waals surface area contributed by atoms with Crippen LogP contribution in [0.5, 0.6) is 0 Å². The lowest BCUT2D eigenvalue weighted by molar-refractivity contribution is 0.0162. The molecule has 0 bridgehead atoms.